The van der Waals surface area contributed by atoms with Crippen LogP contribution in [0.4, 0.5) is 15.3 Å². The predicted octanol–water partition coefficient (Wildman–Crippen LogP) is 4.08. The number of carbonyl (C=O) groups excluding carboxylic acids is 2. The molecule has 0 unspecified atom stereocenters. The SMILES string of the molecule is CC(C)(C)OC(=O)NC(=O)Oc1ncnc2c1c(-c1ccc(N)c3nccn13)cn2C1CCC1. The van der Waals surface area contributed by atoms with Crippen LogP contribution in [-0.4, -0.2) is 41.7 Å². The number of alkyl carbamates (subject to hydrolysis) is 1. The molecule has 4 aromatic heterocycles. The molecule has 11 heteroatoms. The van der Waals surface area contributed by atoms with Gasteiger partial charge in [-0.2, -0.15) is 0 Å². The van der Waals surface area contributed by atoms with Crippen molar-refractivity contribution in [2.75, 3.05) is 5.73 Å². The number of imide groups is 1. The topological polar surface area (TPSA) is 139 Å². The summed E-state index contributed by atoms with van der Waals surface area (Å²) >= 11 is 0. The second-order valence-corrected chi connectivity index (χ2v) is 9.22. The molecule has 11 nitrogen and oxygen atoms in total. The number of nitrogens with zero attached hydrogens (tertiary/aromatic N) is 5. The molecule has 1 aliphatic rings. The average molecular weight is 463 g/mol. The minimum Gasteiger partial charge on any atom is -0.443 e. The Labute approximate surface area is 194 Å². The number of imidazole rings is 1. The summed E-state index contributed by atoms with van der Waals surface area (Å²) in [5, 5.41) is 2.62. The third-order valence-electron chi connectivity index (χ3n) is 5.69. The number of rotatable bonds is 3. The van der Waals surface area contributed by atoms with Gasteiger partial charge < -0.3 is 19.8 Å². The minimum atomic E-state index is -0.998. The summed E-state index contributed by atoms with van der Waals surface area (Å²) in [7, 11) is 0. The van der Waals surface area contributed by atoms with Crippen molar-refractivity contribution in [1.29, 1.82) is 0 Å². The summed E-state index contributed by atoms with van der Waals surface area (Å²) in [6.07, 6.45) is 8.11. The lowest BCUT2D eigenvalue weighted by atomic mass is 9.93. The van der Waals surface area contributed by atoms with Gasteiger partial charge in [0, 0.05) is 30.2 Å². The molecular weight excluding hydrogens is 438 g/mol. The summed E-state index contributed by atoms with van der Waals surface area (Å²) in [4.78, 5) is 37.5. The molecule has 0 saturated heterocycles. The summed E-state index contributed by atoms with van der Waals surface area (Å²) < 4.78 is 14.6. The van der Waals surface area contributed by atoms with E-state index in [2.05, 4.69) is 24.8 Å². The van der Waals surface area contributed by atoms with Crippen molar-refractivity contribution < 1.29 is 19.1 Å². The number of anilines is 1. The van der Waals surface area contributed by atoms with E-state index >= 15 is 0 Å². The summed E-state index contributed by atoms with van der Waals surface area (Å²) in [5.74, 6) is 0.0317. The molecule has 0 aliphatic heterocycles. The van der Waals surface area contributed by atoms with Crippen molar-refractivity contribution in [3.8, 4) is 17.1 Å². The molecule has 1 aliphatic carbocycles. The third-order valence-corrected chi connectivity index (χ3v) is 5.69. The second-order valence-electron chi connectivity index (χ2n) is 9.22. The Morgan fingerprint density at radius 3 is 2.62 bits per heavy atom. The first kappa shape index (κ1) is 21.7. The van der Waals surface area contributed by atoms with Crippen molar-refractivity contribution >= 4 is 34.6 Å². The fourth-order valence-corrected chi connectivity index (χ4v) is 4.03. The van der Waals surface area contributed by atoms with E-state index in [1.165, 1.54) is 6.33 Å². The van der Waals surface area contributed by atoms with Crippen LogP contribution in [0.5, 0.6) is 5.88 Å². The second kappa shape index (κ2) is 8.01. The van der Waals surface area contributed by atoms with E-state index in [0.29, 0.717) is 28.4 Å². The summed E-state index contributed by atoms with van der Waals surface area (Å²) in [5.41, 5.74) is 8.68. The normalized spacial score (nSPS) is 14.2. The van der Waals surface area contributed by atoms with Crippen LogP contribution >= 0.6 is 0 Å². The van der Waals surface area contributed by atoms with Crippen LogP contribution in [0.25, 0.3) is 27.9 Å². The van der Waals surface area contributed by atoms with Crippen LogP contribution in [0.2, 0.25) is 0 Å². The highest BCUT2D eigenvalue weighted by Crippen LogP contribution is 2.41. The van der Waals surface area contributed by atoms with Crippen LogP contribution in [0, 0.1) is 0 Å². The van der Waals surface area contributed by atoms with Crippen LogP contribution in [0.1, 0.15) is 46.1 Å². The Morgan fingerprint density at radius 2 is 1.91 bits per heavy atom. The van der Waals surface area contributed by atoms with E-state index in [4.69, 9.17) is 15.2 Å². The number of hydrogen-bond donors (Lipinski definition) is 2. The molecule has 4 heterocycles. The van der Waals surface area contributed by atoms with Crippen molar-refractivity contribution in [2.45, 2.75) is 51.7 Å². The number of carbonyl (C=O) groups is 2. The smallest absolute Gasteiger partial charge is 0.423 e. The molecule has 1 fully saturated rings. The minimum absolute atomic E-state index is 0.0317. The molecule has 2 amide bonds. The van der Waals surface area contributed by atoms with Gasteiger partial charge in [0.2, 0.25) is 5.88 Å². The molecule has 176 valence electrons. The van der Waals surface area contributed by atoms with E-state index in [1.807, 2.05) is 22.9 Å². The number of nitrogens with one attached hydrogen (secondary N) is 1. The first-order valence-electron chi connectivity index (χ1n) is 11.0. The molecule has 0 bridgehead atoms. The largest absolute Gasteiger partial charge is 0.443 e. The Kier molecular flexibility index (Phi) is 5.11. The standard InChI is InChI=1S/C23H25N7O4/c1-23(2,3)34-22(32)28-21(31)33-20-17-14(16-8-7-15(24)18-25-9-10-29(16)18)11-30(13-5-4-6-13)19(17)26-12-27-20/h7-13H,4-6,24H2,1-3H3,(H,28,31,32). The number of fused-ring (bicyclic) bond motifs is 2. The molecular formula is C23H25N7O4. The summed E-state index contributed by atoms with van der Waals surface area (Å²) in [6, 6.07) is 3.95. The predicted molar refractivity (Wildman–Crippen MR) is 124 cm³/mol. The maximum absolute atomic E-state index is 12.5. The molecule has 0 atom stereocenters. The van der Waals surface area contributed by atoms with E-state index in [1.54, 1.807) is 33.0 Å². The Hall–Kier alpha value is -4.15. The van der Waals surface area contributed by atoms with Crippen molar-refractivity contribution in [1.82, 2.24) is 29.2 Å². The Morgan fingerprint density at radius 1 is 1.12 bits per heavy atom. The third kappa shape index (κ3) is 3.89. The van der Waals surface area contributed by atoms with Gasteiger partial charge in [-0.05, 0) is 52.2 Å². The fraction of sp³-hybridized carbons (Fsp3) is 0.348. The van der Waals surface area contributed by atoms with E-state index in [0.717, 1.165) is 30.5 Å². The first-order chi connectivity index (χ1) is 16.2. The fourth-order valence-electron chi connectivity index (χ4n) is 4.03. The van der Waals surface area contributed by atoms with Crippen LogP contribution in [0.15, 0.2) is 37.1 Å². The van der Waals surface area contributed by atoms with Gasteiger partial charge in [0.1, 0.15) is 17.6 Å². The van der Waals surface area contributed by atoms with Crippen molar-refractivity contribution in [3.05, 3.63) is 37.1 Å². The summed E-state index contributed by atoms with van der Waals surface area (Å²) in [6.45, 7) is 5.10. The highest BCUT2D eigenvalue weighted by Gasteiger charge is 2.27. The van der Waals surface area contributed by atoms with Gasteiger partial charge >= 0.3 is 12.2 Å². The maximum atomic E-state index is 12.5. The number of aromatic nitrogens is 5. The number of hydrogen-bond acceptors (Lipinski definition) is 8. The lowest BCUT2D eigenvalue weighted by Gasteiger charge is -2.27. The zero-order chi connectivity index (χ0) is 24.0. The highest BCUT2D eigenvalue weighted by molar-refractivity contribution is 5.99. The van der Waals surface area contributed by atoms with Gasteiger partial charge in [-0.3, -0.25) is 4.40 Å². The number of nitrogens with two attached hydrogens (primary N) is 1. The zero-order valence-corrected chi connectivity index (χ0v) is 19.1. The van der Waals surface area contributed by atoms with Gasteiger partial charge in [0.05, 0.1) is 16.8 Å². The molecule has 3 N–H and O–H groups in total. The Bertz CT molecular complexity index is 1410. The van der Waals surface area contributed by atoms with Gasteiger partial charge in [0.15, 0.2) is 5.65 Å². The molecule has 0 aromatic carbocycles. The highest BCUT2D eigenvalue weighted by atomic mass is 16.6. The van der Waals surface area contributed by atoms with Gasteiger partial charge in [-0.15, -0.1) is 0 Å². The Balaban J connectivity index is 1.59. The van der Waals surface area contributed by atoms with Crippen LogP contribution in [-0.2, 0) is 4.74 Å². The molecule has 0 spiro atoms. The zero-order valence-electron chi connectivity index (χ0n) is 19.1. The van der Waals surface area contributed by atoms with E-state index in [-0.39, 0.29) is 5.88 Å². The van der Waals surface area contributed by atoms with Crippen LogP contribution in [0.3, 0.4) is 0 Å². The molecule has 34 heavy (non-hydrogen) atoms. The molecule has 5 rings (SSSR count). The number of nitrogen functional groups attached to an aromatic ring is 1. The van der Waals surface area contributed by atoms with Crippen molar-refractivity contribution in [2.24, 2.45) is 0 Å². The quantitative estimate of drug-likeness (QED) is 0.463. The van der Waals surface area contributed by atoms with Gasteiger partial charge in [0.25, 0.3) is 0 Å². The first-order valence-corrected chi connectivity index (χ1v) is 11.0. The van der Waals surface area contributed by atoms with Crippen LogP contribution < -0.4 is 15.8 Å². The van der Waals surface area contributed by atoms with Gasteiger partial charge in [-0.25, -0.2) is 29.9 Å². The van der Waals surface area contributed by atoms with E-state index in [9.17, 15) is 9.59 Å². The monoisotopic (exact) mass is 463 g/mol. The lowest BCUT2D eigenvalue weighted by molar-refractivity contribution is 0.0533. The van der Waals surface area contributed by atoms with Crippen molar-refractivity contribution in [3.63, 3.8) is 0 Å². The molecule has 4 aromatic rings. The number of pyridine rings is 1. The maximum Gasteiger partial charge on any atom is 0.423 e. The van der Waals surface area contributed by atoms with Gasteiger partial charge in [-0.1, -0.05) is 0 Å². The molecule has 1 saturated carbocycles. The number of ether oxygens (including phenoxy) is 2. The lowest BCUT2D eigenvalue weighted by Crippen LogP contribution is -2.38. The average Bonchev–Trinajstić information content (AvgIpc) is 3.33. The van der Waals surface area contributed by atoms with E-state index < -0.39 is 17.8 Å². The molecule has 0 radical (unpaired) electrons. The number of amides is 2.